The van der Waals surface area contributed by atoms with Crippen molar-refractivity contribution in [2.45, 2.75) is 75.3 Å². The van der Waals surface area contributed by atoms with Gasteiger partial charge in [-0.2, -0.15) is 10.4 Å². The predicted octanol–water partition coefficient (Wildman–Crippen LogP) is 4.06. The molecule has 2 heterocycles. The van der Waals surface area contributed by atoms with Crippen molar-refractivity contribution in [1.29, 1.82) is 5.26 Å². The molecule has 0 aromatic carbocycles. The number of nitrogens with zero attached hydrogens (tertiary/aromatic N) is 4. The molecule has 2 aliphatic carbocycles. The first-order valence-corrected chi connectivity index (χ1v) is 11.1. The summed E-state index contributed by atoms with van der Waals surface area (Å²) in [6.45, 7) is 0. The van der Waals surface area contributed by atoms with Gasteiger partial charge in [0.2, 0.25) is 17.8 Å². The monoisotopic (exact) mass is 466 g/mol. The van der Waals surface area contributed by atoms with Crippen LogP contribution in [-0.4, -0.2) is 32.4 Å². The number of fused-ring (bicyclic) bond motifs is 1. The molecule has 3 N–H and O–H groups in total. The lowest BCUT2D eigenvalue weighted by Gasteiger charge is -2.34. The molecule has 2 atom stereocenters. The van der Waals surface area contributed by atoms with E-state index in [-0.39, 0.29) is 50.4 Å². The van der Waals surface area contributed by atoms with Crippen molar-refractivity contribution in [2.75, 3.05) is 0 Å². The SMILES string of the molecule is N#CC[C@H](NC(=O)CC1CC(F)(F)C1)c1cnn2cc([C@@H](N)C3CCC(F)(F)CC3)nc2c1. The summed E-state index contributed by atoms with van der Waals surface area (Å²) in [4.78, 5) is 16.8. The fourth-order valence-corrected chi connectivity index (χ4v) is 4.71. The van der Waals surface area contributed by atoms with Gasteiger partial charge < -0.3 is 11.1 Å². The highest BCUT2D eigenvalue weighted by atomic mass is 19.3. The number of aromatic nitrogens is 3. The van der Waals surface area contributed by atoms with Gasteiger partial charge in [0, 0.05) is 32.1 Å². The molecule has 1 amide bonds. The number of halogens is 4. The third-order valence-electron chi connectivity index (χ3n) is 6.65. The van der Waals surface area contributed by atoms with Gasteiger partial charge in [-0.05, 0) is 36.3 Å². The average molecular weight is 466 g/mol. The molecule has 4 rings (SSSR count). The Morgan fingerprint density at radius 2 is 1.97 bits per heavy atom. The van der Waals surface area contributed by atoms with Crippen molar-refractivity contribution in [3.8, 4) is 6.07 Å². The zero-order valence-electron chi connectivity index (χ0n) is 18.0. The van der Waals surface area contributed by atoms with Crippen LogP contribution in [0.5, 0.6) is 0 Å². The quantitative estimate of drug-likeness (QED) is 0.598. The highest BCUT2D eigenvalue weighted by molar-refractivity contribution is 5.77. The van der Waals surface area contributed by atoms with Crippen LogP contribution in [0, 0.1) is 23.2 Å². The van der Waals surface area contributed by atoms with E-state index >= 15 is 0 Å². The molecule has 0 aliphatic heterocycles. The minimum atomic E-state index is -2.69. The first kappa shape index (κ1) is 23.4. The maximum absolute atomic E-state index is 13.5. The summed E-state index contributed by atoms with van der Waals surface area (Å²) in [5.41, 5.74) is 7.87. The van der Waals surface area contributed by atoms with Gasteiger partial charge in [0.15, 0.2) is 5.65 Å². The average Bonchev–Trinajstić information content (AvgIpc) is 3.15. The lowest BCUT2D eigenvalue weighted by atomic mass is 9.79. The molecule has 0 saturated heterocycles. The Morgan fingerprint density at radius 3 is 2.61 bits per heavy atom. The number of carbonyl (C=O) groups excluding carboxylic acids is 1. The van der Waals surface area contributed by atoms with Crippen LogP contribution in [-0.2, 0) is 4.79 Å². The number of alkyl halides is 4. The van der Waals surface area contributed by atoms with E-state index in [1.54, 1.807) is 12.3 Å². The van der Waals surface area contributed by atoms with Gasteiger partial charge in [0.25, 0.3) is 0 Å². The number of amides is 1. The standard InChI is InChI=1S/C22H26F4N6O/c23-21(24)4-1-14(2-5-21)20(28)17-12-32-18(30-17)8-15(11-29-32)16(3-6-27)31-19(33)7-13-9-22(25,26)10-13/h8,11-14,16,20H,1-5,7,9-10,28H2,(H,31,33)/t16-,20-/m0/s1. The molecule has 2 aromatic heterocycles. The molecule has 0 radical (unpaired) electrons. The van der Waals surface area contributed by atoms with Crippen molar-refractivity contribution in [1.82, 2.24) is 19.9 Å². The number of hydrogen-bond acceptors (Lipinski definition) is 5. The van der Waals surface area contributed by atoms with Gasteiger partial charge in [0.1, 0.15) is 0 Å². The number of imidazole rings is 1. The summed E-state index contributed by atoms with van der Waals surface area (Å²) < 4.78 is 54.4. The molecule has 2 aliphatic rings. The van der Waals surface area contributed by atoms with Crippen LogP contribution >= 0.6 is 0 Å². The summed E-state index contributed by atoms with van der Waals surface area (Å²) in [5, 5.41) is 16.2. The number of rotatable bonds is 7. The largest absolute Gasteiger partial charge is 0.348 e. The van der Waals surface area contributed by atoms with Crippen LogP contribution in [0.2, 0.25) is 0 Å². The molecule has 0 bridgehead atoms. The van der Waals surface area contributed by atoms with E-state index < -0.39 is 29.8 Å². The molecule has 2 fully saturated rings. The second-order valence-corrected chi connectivity index (χ2v) is 9.29. The van der Waals surface area contributed by atoms with Crippen LogP contribution in [0.4, 0.5) is 17.6 Å². The Balaban J connectivity index is 1.44. The summed E-state index contributed by atoms with van der Waals surface area (Å²) in [5.74, 6) is -6.18. The van der Waals surface area contributed by atoms with Gasteiger partial charge in [-0.1, -0.05) is 0 Å². The van der Waals surface area contributed by atoms with E-state index in [9.17, 15) is 27.6 Å². The summed E-state index contributed by atoms with van der Waals surface area (Å²) >= 11 is 0. The Bertz CT molecular complexity index is 1050. The van der Waals surface area contributed by atoms with Gasteiger partial charge >= 0.3 is 0 Å². The lowest BCUT2D eigenvalue weighted by Crippen LogP contribution is -2.39. The number of carbonyl (C=O) groups is 1. The lowest BCUT2D eigenvalue weighted by molar-refractivity contribution is -0.134. The molecule has 0 unspecified atom stereocenters. The van der Waals surface area contributed by atoms with E-state index in [2.05, 4.69) is 15.4 Å². The molecule has 33 heavy (non-hydrogen) atoms. The molecule has 0 spiro atoms. The van der Waals surface area contributed by atoms with Gasteiger partial charge in [-0.25, -0.2) is 27.1 Å². The summed E-state index contributed by atoms with van der Waals surface area (Å²) in [7, 11) is 0. The predicted molar refractivity (Wildman–Crippen MR) is 110 cm³/mol. The Kier molecular flexibility index (Phi) is 6.31. The van der Waals surface area contributed by atoms with Gasteiger partial charge in [-0.15, -0.1) is 0 Å². The van der Waals surface area contributed by atoms with Crippen molar-refractivity contribution >= 4 is 11.6 Å². The number of hydrogen-bond donors (Lipinski definition) is 2. The Labute approximate surface area is 188 Å². The van der Waals surface area contributed by atoms with Crippen LogP contribution in [0.3, 0.4) is 0 Å². The molecular formula is C22H26F4N6O. The maximum atomic E-state index is 13.5. The third-order valence-corrected chi connectivity index (χ3v) is 6.65. The van der Waals surface area contributed by atoms with Crippen molar-refractivity contribution in [3.63, 3.8) is 0 Å². The van der Waals surface area contributed by atoms with Crippen LogP contribution in [0.15, 0.2) is 18.5 Å². The zero-order chi connectivity index (χ0) is 23.8. The molecule has 11 heteroatoms. The molecule has 178 valence electrons. The summed E-state index contributed by atoms with van der Waals surface area (Å²) in [6.07, 6.45) is 2.80. The van der Waals surface area contributed by atoms with Crippen LogP contribution in [0.1, 0.15) is 74.7 Å². The molecule has 2 aromatic rings. The maximum Gasteiger partial charge on any atom is 0.248 e. The fourth-order valence-electron chi connectivity index (χ4n) is 4.71. The fraction of sp³-hybridized carbons (Fsp3) is 0.636. The van der Waals surface area contributed by atoms with Gasteiger partial charge in [0.05, 0.1) is 42.7 Å². The van der Waals surface area contributed by atoms with E-state index in [1.165, 1.54) is 10.7 Å². The van der Waals surface area contributed by atoms with Crippen LogP contribution in [0.25, 0.3) is 5.65 Å². The van der Waals surface area contributed by atoms with Crippen molar-refractivity contribution in [2.24, 2.45) is 17.6 Å². The minimum Gasteiger partial charge on any atom is -0.348 e. The second kappa shape index (κ2) is 8.89. The van der Waals surface area contributed by atoms with Crippen molar-refractivity contribution in [3.05, 3.63) is 29.7 Å². The number of nitrogens with one attached hydrogen (secondary N) is 1. The molecule has 2 saturated carbocycles. The highest BCUT2D eigenvalue weighted by Crippen LogP contribution is 2.44. The summed E-state index contributed by atoms with van der Waals surface area (Å²) in [6, 6.07) is 2.54. The number of nitriles is 1. The molecule has 7 nitrogen and oxygen atoms in total. The zero-order valence-corrected chi connectivity index (χ0v) is 18.0. The normalized spacial score (nSPS) is 22.3. The van der Waals surface area contributed by atoms with Crippen LogP contribution < -0.4 is 11.1 Å². The highest BCUT2D eigenvalue weighted by Gasteiger charge is 2.45. The van der Waals surface area contributed by atoms with E-state index in [0.717, 1.165) is 0 Å². The van der Waals surface area contributed by atoms with E-state index in [1.807, 2.05) is 6.07 Å². The third kappa shape index (κ3) is 5.43. The van der Waals surface area contributed by atoms with Gasteiger partial charge in [-0.3, -0.25) is 4.79 Å². The van der Waals surface area contributed by atoms with E-state index in [4.69, 9.17) is 5.73 Å². The van der Waals surface area contributed by atoms with E-state index in [0.29, 0.717) is 29.7 Å². The first-order valence-electron chi connectivity index (χ1n) is 11.1. The second-order valence-electron chi connectivity index (χ2n) is 9.29. The van der Waals surface area contributed by atoms with Crippen molar-refractivity contribution < 1.29 is 22.4 Å². The number of nitrogens with two attached hydrogens (primary N) is 1. The Hall–Kier alpha value is -2.74. The molecular weight excluding hydrogens is 440 g/mol. The smallest absolute Gasteiger partial charge is 0.248 e. The topological polar surface area (TPSA) is 109 Å². The first-order chi connectivity index (χ1) is 15.5. The Morgan fingerprint density at radius 1 is 1.27 bits per heavy atom. The minimum absolute atomic E-state index is 0.0179.